The minimum atomic E-state index is -3.39. The van der Waals surface area contributed by atoms with E-state index in [9.17, 15) is 13.2 Å². The van der Waals surface area contributed by atoms with Crippen molar-refractivity contribution in [2.45, 2.75) is 19.9 Å². The standard InChI is InChI=1S/C18H22N2O4S/c1-3-11-25(22,23)20-16-9-6-8-14(12-16)18(21)19-13-15-7-4-5-10-17(15)24-2/h4-10,12,20H,3,11,13H2,1-2H3,(H,19,21). The Balaban J connectivity index is 2.06. The van der Waals surface area contributed by atoms with Gasteiger partial charge in [-0.1, -0.05) is 31.2 Å². The van der Waals surface area contributed by atoms with Gasteiger partial charge in [-0.2, -0.15) is 0 Å². The third-order valence-corrected chi connectivity index (χ3v) is 5.00. The van der Waals surface area contributed by atoms with E-state index in [1.54, 1.807) is 32.2 Å². The highest BCUT2D eigenvalue weighted by Crippen LogP contribution is 2.17. The first kappa shape index (κ1) is 18.8. The molecule has 0 atom stereocenters. The first-order valence-corrected chi connectivity index (χ1v) is 9.61. The highest BCUT2D eigenvalue weighted by atomic mass is 32.2. The Morgan fingerprint density at radius 2 is 1.88 bits per heavy atom. The zero-order valence-electron chi connectivity index (χ0n) is 14.3. The molecule has 0 radical (unpaired) electrons. The van der Waals surface area contributed by atoms with Crippen molar-refractivity contribution in [1.29, 1.82) is 0 Å². The van der Waals surface area contributed by atoms with Crippen LogP contribution in [0.1, 0.15) is 29.3 Å². The molecule has 25 heavy (non-hydrogen) atoms. The van der Waals surface area contributed by atoms with Gasteiger partial charge in [-0.3, -0.25) is 9.52 Å². The lowest BCUT2D eigenvalue weighted by molar-refractivity contribution is 0.0950. The van der Waals surface area contributed by atoms with Crippen LogP contribution in [0.2, 0.25) is 0 Å². The monoisotopic (exact) mass is 362 g/mol. The van der Waals surface area contributed by atoms with Crippen LogP contribution in [0.4, 0.5) is 5.69 Å². The van der Waals surface area contributed by atoms with Gasteiger partial charge in [0.1, 0.15) is 5.75 Å². The maximum atomic E-state index is 12.3. The zero-order chi connectivity index (χ0) is 18.3. The molecule has 134 valence electrons. The first-order valence-electron chi connectivity index (χ1n) is 7.96. The second kappa shape index (κ2) is 8.53. The molecule has 0 fully saturated rings. The van der Waals surface area contributed by atoms with E-state index in [0.717, 1.165) is 5.56 Å². The van der Waals surface area contributed by atoms with E-state index in [1.165, 1.54) is 6.07 Å². The van der Waals surface area contributed by atoms with Crippen molar-refractivity contribution in [1.82, 2.24) is 5.32 Å². The molecule has 0 aliphatic carbocycles. The molecule has 7 heteroatoms. The number of nitrogens with one attached hydrogen (secondary N) is 2. The normalized spacial score (nSPS) is 11.0. The number of anilines is 1. The highest BCUT2D eigenvalue weighted by molar-refractivity contribution is 7.92. The van der Waals surface area contributed by atoms with Gasteiger partial charge in [-0.05, 0) is 30.7 Å². The van der Waals surface area contributed by atoms with Gasteiger partial charge in [-0.25, -0.2) is 8.42 Å². The summed E-state index contributed by atoms with van der Waals surface area (Å²) in [6.07, 6.45) is 0.522. The van der Waals surface area contributed by atoms with Crippen molar-refractivity contribution >= 4 is 21.6 Å². The Labute approximate surface area is 148 Å². The predicted molar refractivity (Wildman–Crippen MR) is 98.3 cm³/mol. The number of hydrogen-bond acceptors (Lipinski definition) is 4. The van der Waals surface area contributed by atoms with E-state index < -0.39 is 10.0 Å². The van der Waals surface area contributed by atoms with Gasteiger partial charge in [0.25, 0.3) is 5.91 Å². The number of ether oxygens (including phenoxy) is 1. The van der Waals surface area contributed by atoms with Crippen molar-refractivity contribution in [3.05, 3.63) is 59.7 Å². The summed E-state index contributed by atoms with van der Waals surface area (Å²) >= 11 is 0. The fourth-order valence-electron chi connectivity index (χ4n) is 2.35. The van der Waals surface area contributed by atoms with Crippen LogP contribution in [0.15, 0.2) is 48.5 Å². The van der Waals surface area contributed by atoms with Crippen molar-refractivity contribution in [2.75, 3.05) is 17.6 Å². The fourth-order valence-corrected chi connectivity index (χ4v) is 3.48. The summed E-state index contributed by atoms with van der Waals surface area (Å²) < 4.78 is 31.4. The molecule has 6 nitrogen and oxygen atoms in total. The molecular formula is C18H22N2O4S. The van der Waals surface area contributed by atoms with Gasteiger partial charge in [0.2, 0.25) is 10.0 Å². The van der Waals surface area contributed by atoms with Gasteiger partial charge >= 0.3 is 0 Å². The molecule has 0 aliphatic heterocycles. The number of methoxy groups -OCH3 is 1. The molecule has 0 heterocycles. The number of carbonyl (C=O) groups excluding carboxylic acids is 1. The molecule has 0 saturated heterocycles. The number of para-hydroxylation sites is 1. The lowest BCUT2D eigenvalue weighted by atomic mass is 10.1. The minimum Gasteiger partial charge on any atom is -0.496 e. The van der Waals surface area contributed by atoms with Crippen LogP contribution < -0.4 is 14.8 Å². The van der Waals surface area contributed by atoms with Crippen molar-refractivity contribution < 1.29 is 17.9 Å². The summed E-state index contributed by atoms with van der Waals surface area (Å²) in [4.78, 5) is 12.3. The van der Waals surface area contributed by atoms with Crippen LogP contribution in [-0.4, -0.2) is 27.2 Å². The second-order valence-corrected chi connectivity index (χ2v) is 7.34. The molecule has 2 rings (SSSR count). The van der Waals surface area contributed by atoms with E-state index >= 15 is 0 Å². The van der Waals surface area contributed by atoms with Crippen LogP contribution in [0.5, 0.6) is 5.75 Å². The second-order valence-electron chi connectivity index (χ2n) is 5.50. The molecule has 0 aliphatic rings. The lowest BCUT2D eigenvalue weighted by Crippen LogP contribution is -2.23. The lowest BCUT2D eigenvalue weighted by Gasteiger charge is -2.11. The number of sulfonamides is 1. The average Bonchev–Trinajstić information content (AvgIpc) is 2.59. The maximum Gasteiger partial charge on any atom is 0.251 e. The van der Waals surface area contributed by atoms with Gasteiger partial charge in [-0.15, -0.1) is 0 Å². The van der Waals surface area contributed by atoms with E-state index in [0.29, 0.717) is 30.0 Å². The highest BCUT2D eigenvalue weighted by Gasteiger charge is 2.12. The molecule has 2 aromatic rings. The molecule has 0 spiro atoms. The van der Waals surface area contributed by atoms with Crippen molar-refractivity contribution in [3.63, 3.8) is 0 Å². The predicted octanol–water partition coefficient (Wildman–Crippen LogP) is 2.78. The number of benzene rings is 2. The minimum absolute atomic E-state index is 0.0389. The topological polar surface area (TPSA) is 84.5 Å². The molecule has 0 saturated carbocycles. The van der Waals surface area contributed by atoms with Crippen LogP contribution >= 0.6 is 0 Å². The smallest absolute Gasteiger partial charge is 0.251 e. The van der Waals surface area contributed by atoms with Gasteiger partial charge in [0.15, 0.2) is 0 Å². The van der Waals surface area contributed by atoms with E-state index in [-0.39, 0.29) is 11.7 Å². The van der Waals surface area contributed by atoms with Gasteiger partial charge in [0, 0.05) is 23.4 Å². The van der Waals surface area contributed by atoms with Gasteiger partial charge in [0.05, 0.1) is 12.9 Å². The Morgan fingerprint density at radius 3 is 2.60 bits per heavy atom. The molecule has 2 N–H and O–H groups in total. The summed E-state index contributed by atoms with van der Waals surface area (Å²) in [6, 6.07) is 13.8. The Morgan fingerprint density at radius 1 is 1.12 bits per heavy atom. The molecule has 0 aromatic heterocycles. The third-order valence-electron chi connectivity index (χ3n) is 3.50. The molecule has 0 bridgehead atoms. The first-order chi connectivity index (χ1) is 11.9. The maximum absolute atomic E-state index is 12.3. The Hall–Kier alpha value is -2.54. The zero-order valence-corrected chi connectivity index (χ0v) is 15.1. The summed E-state index contributed by atoms with van der Waals surface area (Å²) in [5.41, 5.74) is 1.61. The van der Waals surface area contributed by atoms with E-state index in [4.69, 9.17) is 4.74 Å². The van der Waals surface area contributed by atoms with Gasteiger partial charge < -0.3 is 10.1 Å². The molecular weight excluding hydrogens is 340 g/mol. The van der Waals surface area contributed by atoms with Crippen LogP contribution in [0.25, 0.3) is 0 Å². The third kappa shape index (κ3) is 5.49. The molecule has 1 amide bonds. The number of hydrogen-bond donors (Lipinski definition) is 2. The van der Waals surface area contributed by atoms with Crippen molar-refractivity contribution in [2.24, 2.45) is 0 Å². The molecule has 2 aromatic carbocycles. The number of amides is 1. The number of rotatable bonds is 8. The summed E-state index contributed by atoms with van der Waals surface area (Å²) in [6.45, 7) is 2.11. The summed E-state index contributed by atoms with van der Waals surface area (Å²) in [5, 5.41) is 2.81. The summed E-state index contributed by atoms with van der Waals surface area (Å²) in [5.74, 6) is 0.448. The van der Waals surface area contributed by atoms with Crippen molar-refractivity contribution in [3.8, 4) is 5.75 Å². The molecule has 0 unspecified atom stereocenters. The fraction of sp³-hybridized carbons (Fsp3) is 0.278. The van der Waals surface area contributed by atoms with E-state index in [2.05, 4.69) is 10.0 Å². The largest absolute Gasteiger partial charge is 0.496 e. The Bertz CT molecular complexity index is 834. The SMILES string of the molecule is CCCS(=O)(=O)Nc1cccc(C(=O)NCc2ccccc2OC)c1. The number of carbonyl (C=O) groups is 1. The van der Waals surface area contributed by atoms with E-state index in [1.807, 2.05) is 24.3 Å². The van der Waals surface area contributed by atoms with Crippen LogP contribution in [-0.2, 0) is 16.6 Å². The quantitative estimate of drug-likeness (QED) is 0.756. The van der Waals surface area contributed by atoms with Crippen LogP contribution in [0.3, 0.4) is 0 Å². The summed E-state index contributed by atoms with van der Waals surface area (Å²) in [7, 11) is -1.81. The Kier molecular flexibility index (Phi) is 6.41. The van der Waals surface area contributed by atoms with Crippen LogP contribution in [0, 0.1) is 0 Å². The average molecular weight is 362 g/mol.